The molecule has 1 aromatic heterocycles. The maximum absolute atomic E-state index is 13.9. The number of aromatic nitrogens is 1. The molecule has 0 saturated carbocycles. The number of ether oxygens (including phenoxy) is 3. The second-order valence-corrected chi connectivity index (χ2v) is 9.28. The molecule has 0 amide bonds. The third-order valence-corrected chi connectivity index (χ3v) is 6.71. The second kappa shape index (κ2) is 11.7. The van der Waals surface area contributed by atoms with Crippen LogP contribution < -0.4 is 9.47 Å². The van der Waals surface area contributed by atoms with Crippen molar-refractivity contribution >= 4 is 22.7 Å². The fraction of sp³-hybridized carbons (Fsp3) is 0.121. The molecule has 0 aliphatic carbocycles. The number of rotatable bonds is 8. The Hall–Kier alpha value is -5.18. The molecule has 6 nitrogen and oxygen atoms in total. The van der Waals surface area contributed by atoms with Gasteiger partial charge in [0, 0.05) is 33.8 Å². The van der Waals surface area contributed by atoms with E-state index in [4.69, 9.17) is 14.2 Å². The van der Waals surface area contributed by atoms with Gasteiger partial charge in [0.25, 0.3) is 0 Å². The van der Waals surface area contributed by atoms with Gasteiger partial charge in [0.1, 0.15) is 18.1 Å². The van der Waals surface area contributed by atoms with Crippen molar-refractivity contribution in [1.29, 1.82) is 0 Å². The molecule has 42 heavy (non-hydrogen) atoms. The number of hydrogen-bond acceptors (Lipinski definition) is 6. The van der Waals surface area contributed by atoms with Crippen LogP contribution in [0, 0.1) is 0 Å². The number of nitrogens with zero attached hydrogens (tertiary/aromatic N) is 1. The summed E-state index contributed by atoms with van der Waals surface area (Å²) in [7, 11) is 2.75. The van der Waals surface area contributed by atoms with E-state index in [0.29, 0.717) is 39.3 Å². The molecule has 0 unspecified atom stereocenters. The van der Waals surface area contributed by atoms with Crippen molar-refractivity contribution in [3.8, 4) is 22.6 Å². The Labute approximate surface area is 239 Å². The van der Waals surface area contributed by atoms with Crippen LogP contribution in [-0.2, 0) is 17.5 Å². The molecule has 5 rings (SSSR count). The zero-order valence-corrected chi connectivity index (χ0v) is 22.6. The van der Waals surface area contributed by atoms with Gasteiger partial charge < -0.3 is 14.2 Å². The summed E-state index contributed by atoms with van der Waals surface area (Å²) in [5, 5.41) is 0.184. The lowest BCUT2D eigenvalue weighted by Crippen LogP contribution is -2.09. The first-order valence-corrected chi connectivity index (χ1v) is 12.8. The van der Waals surface area contributed by atoms with Gasteiger partial charge >= 0.3 is 12.1 Å². The largest absolute Gasteiger partial charge is 0.496 e. The average Bonchev–Trinajstić information content (AvgIpc) is 3.02. The number of hydrogen-bond donors (Lipinski definition) is 0. The molecule has 0 spiro atoms. The Bertz CT molecular complexity index is 1780. The van der Waals surface area contributed by atoms with Gasteiger partial charge in [-0.2, -0.15) is 13.2 Å². The van der Waals surface area contributed by atoms with Crippen molar-refractivity contribution in [2.75, 3.05) is 14.2 Å². The molecule has 212 valence electrons. The minimum atomic E-state index is -4.64. The molecule has 0 radical (unpaired) electrons. The zero-order valence-electron chi connectivity index (χ0n) is 22.6. The molecular formula is C33H24F3NO5. The van der Waals surface area contributed by atoms with Gasteiger partial charge in [-0.1, -0.05) is 60.7 Å². The summed E-state index contributed by atoms with van der Waals surface area (Å²) in [6.07, 6.45) is -3.44. The van der Waals surface area contributed by atoms with E-state index >= 15 is 0 Å². The van der Waals surface area contributed by atoms with E-state index in [2.05, 4.69) is 4.98 Å². The third-order valence-electron chi connectivity index (χ3n) is 6.71. The van der Waals surface area contributed by atoms with Crippen molar-refractivity contribution in [2.45, 2.75) is 12.8 Å². The summed E-state index contributed by atoms with van der Waals surface area (Å²) in [4.78, 5) is 29.6. The molecule has 1 heterocycles. The van der Waals surface area contributed by atoms with Crippen molar-refractivity contribution < 1.29 is 37.0 Å². The van der Waals surface area contributed by atoms with Gasteiger partial charge in [-0.3, -0.25) is 9.78 Å². The third kappa shape index (κ3) is 5.67. The molecule has 5 aromatic rings. The van der Waals surface area contributed by atoms with Crippen LogP contribution >= 0.6 is 0 Å². The lowest BCUT2D eigenvalue weighted by molar-refractivity contribution is -0.136. The number of methoxy groups -OCH3 is 2. The van der Waals surface area contributed by atoms with Crippen molar-refractivity contribution in [1.82, 2.24) is 4.98 Å². The average molecular weight is 572 g/mol. The predicted molar refractivity (Wildman–Crippen MR) is 151 cm³/mol. The highest BCUT2D eigenvalue weighted by Gasteiger charge is 2.34. The van der Waals surface area contributed by atoms with Crippen LogP contribution in [-0.4, -0.2) is 31.0 Å². The number of pyridine rings is 1. The number of ketones is 1. The highest BCUT2D eigenvalue weighted by atomic mass is 19.4. The van der Waals surface area contributed by atoms with E-state index in [1.807, 2.05) is 0 Å². The van der Waals surface area contributed by atoms with Gasteiger partial charge in [-0.15, -0.1) is 0 Å². The monoisotopic (exact) mass is 571 g/mol. The molecule has 9 heteroatoms. The van der Waals surface area contributed by atoms with Gasteiger partial charge in [-0.05, 0) is 35.9 Å². The molecule has 0 saturated heterocycles. The number of carbonyl (C=O) groups excluding carboxylic acids is 2. The fourth-order valence-corrected chi connectivity index (χ4v) is 4.69. The number of benzene rings is 4. The molecule has 4 aromatic carbocycles. The van der Waals surface area contributed by atoms with Gasteiger partial charge in [0.15, 0.2) is 5.78 Å². The highest BCUT2D eigenvalue weighted by Crippen LogP contribution is 2.39. The lowest BCUT2D eigenvalue weighted by Gasteiger charge is -2.17. The molecule has 0 aliphatic heterocycles. The Kier molecular flexibility index (Phi) is 7.93. The summed E-state index contributed by atoms with van der Waals surface area (Å²) in [5.74, 6) is -0.0574. The Morgan fingerprint density at radius 1 is 0.833 bits per heavy atom. The molecule has 0 atom stereocenters. The number of fused-ring (bicyclic) bond motifs is 1. The Morgan fingerprint density at radius 3 is 2.31 bits per heavy atom. The number of carbonyl (C=O) groups is 2. The summed E-state index contributed by atoms with van der Waals surface area (Å²) in [5.41, 5.74) is 1.14. The van der Waals surface area contributed by atoms with Crippen molar-refractivity contribution in [3.05, 3.63) is 125 Å². The summed E-state index contributed by atoms with van der Waals surface area (Å²) in [6, 6.07) is 23.8. The molecule has 0 N–H and O–H groups in total. The molecular weight excluding hydrogens is 547 g/mol. The zero-order chi connectivity index (χ0) is 29.9. The van der Waals surface area contributed by atoms with Gasteiger partial charge in [0.2, 0.25) is 0 Å². The van der Waals surface area contributed by atoms with Crippen LogP contribution in [0.1, 0.15) is 37.4 Å². The first-order chi connectivity index (χ1) is 20.2. The van der Waals surface area contributed by atoms with Crippen molar-refractivity contribution in [2.24, 2.45) is 0 Å². The lowest BCUT2D eigenvalue weighted by atomic mass is 9.91. The van der Waals surface area contributed by atoms with Crippen LogP contribution in [0.5, 0.6) is 11.5 Å². The molecule has 0 bridgehead atoms. The normalized spacial score (nSPS) is 11.3. The van der Waals surface area contributed by atoms with Gasteiger partial charge in [-0.25, -0.2) is 4.79 Å². The number of esters is 1. The predicted octanol–water partition coefficient (Wildman–Crippen LogP) is 7.53. The first-order valence-electron chi connectivity index (χ1n) is 12.8. The fourth-order valence-electron chi connectivity index (χ4n) is 4.69. The summed E-state index contributed by atoms with van der Waals surface area (Å²) >= 11 is 0. The van der Waals surface area contributed by atoms with E-state index < -0.39 is 17.7 Å². The van der Waals surface area contributed by atoms with Crippen LogP contribution in [0.2, 0.25) is 0 Å². The minimum Gasteiger partial charge on any atom is -0.496 e. The van der Waals surface area contributed by atoms with Crippen LogP contribution in [0.25, 0.3) is 22.0 Å². The van der Waals surface area contributed by atoms with Crippen LogP contribution in [0.15, 0.2) is 97.2 Å². The molecule has 0 aliphatic rings. The van der Waals surface area contributed by atoms with Crippen molar-refractivity contribution in [3.63, 3.8) is 0 Å². The standard InChI is InChI=1S/C33H24F3NO5/c1-40-28-17-22(32(39)41-2)14-15-23(28)19-42-24-11-6-10-21(16-24)29-25-12-7-13-27(33(34,35)36)30(25)37-18-26(29)31(38)20-8-4-3-5-9-20/h3-18H,19H2,1-2H3. The Morgan fingerprint density at radius 2 is 1.60 bits per heavy atom. The van der Waals surface area contributed by atoms with E-state index in [0.717, 1.165) is 6.07 Å². The number of para-hydroxylation sites is 1. The Balaban J connectivity index is 1.58. The quantitative estimate of drug-likeness (QED) is 0.142. The number of halogens is 3. The maximum Gasteiger partial charge on any atom is 0.418 e. The topological polar surface area (TPSA) is 74.7 Å². The highest BCUT2D eigenvalue weighted by molar-refractivity contribution is 6.16. The second-order valence-electron chi connectivity index (χ2n) is 9.28. The van der Waals surface area contributed by atoms with Crippen LogP contribution in [0.4, 0.5) is 13.2 Å². The SMILES string of the molecule is COC(=O)c1ccc(COc2cccc(-c3c(C(=O)c4ccccc4)cnc4c(C(F)(F)F)cccc34)c2)c(OC)c1. The van der Waals surface area contributed by atoms with E-state index in [1.165, 1.54) is 32.5 Å². The smallest absolute Gasteiger partial charge is 0.418 e. The maximum atomic E-state index is 13.9. The minimum absolute atomic E-state index is 0.0686. The van der Waals surface area contributed by atoms with Gasteiger partial charge in [0.05, 0.1) is 30.9 Å². The van der Waals surface area contributed by atoms with E-state index in [9.17, 15) is 22.8 Å². The molecule has 0 fully saturated rings. The summed E-state index contributed by atoms with van der Waals surface area (Å²) in [6.45, 7) is 0.0686. The van der Waals surface area contributed by atoms with Crippen LogP contribution in [0.3, 0.4) is 0 Å². The number of alkyl halides is 3. The first kappa shape index (κ1) is 28.4. The summed E-state index contributed by atoms with van der Waals surface area (Å²) < 4.78 is 57.9. The van der Waals surface area contributed by atoms with E-state index in [1.54, 1.807) is 72.8 Å². The van der Waals surface area contributed by atoms with E-state index in [-0.39, 0.29) is 28.9 Å².